The smallest absolute Gasteiger partial charge is 0.171 e. The zero-order chi connectivity index (χ0) is 20.9. The van der Waals surface area contributed by atoms with Gasteiger partial charge in [-0.05, 0) is 91.8 Å². The standard InChI is InChI=1S/C27H42O3/c1-16-7-12-27(29-15-16)17(2)24-23(30-27)14-22-20-6-5-18-13-19(28)8-10-25(18,3)21(20)9-11-26(22,24)4/h5,16-17,19-24,28H,6-15H2,1-4H3/t16-,17-,19-,20+,21-,22-,23-,24-,25+,26+,27+/m1/s1. The van der Waals surface area contributed by atoms with Gasteiger partial charge >= 0.3 is 0 Å². The van der Waals surface area contributed by atoms with Crippen LogP contribution in [0.5, 0.6) is 0 Å². The van der Waals surface area contributed by atoms with Gasteiger partial charge in [-0.3, -0.25) is 0 Å². The van der Waals surface area contributed by atoms with E-state index in [1.807, 2.05) is 0 Å². The van der Waals surface area contributed by atoms with E-state index in [-0.39, 0.29) is 11.9 Å². The third-order valence-corrected chi connectivity index (χ3v) is 11.3. The normalized spacial score (nSPS) is 59.8. The van der Waals surface area contributed by atoms with Crippen LogP contribution in [-0.4, -0.2) is 29.7 Å². The topological polar surface area (TPSA) is 38.7 Å². The van der Waals surface area contributed by atoms with Gasteiger partial charge in [-0.25, -0.2) is 0 Å². The molecule has 6 rings (SSSR count). The first-order chi connectivity index (χ1) is 14.3. The van der Waals surface area contributed by atoms with Crippen molar-refractivity contribution in [3.05, 3.63) is 11.6 Å². The molecule has 2 heterocycles. The molecule has 5 fully saturated rings. The third-order valence-electron chi connectivity index (χ3n) is 11.3. The van der Waals surface area contributed by atoms with Crippen molar-refractivity contribution < 1.29 is 14.6 Å². The molecular weight excluding hydrogens is 372 g/mol. The number of allylic oxidation sites excluding steroid dienone is 1. The number of hydrogen-bond donors (Lipinski definition) is 1. The Kier molecular flexibility index (Phi) is 4.44. The summed E-state index contributed by atoms with van der Waals surface area (Å²) < 4.78 is 13.3. The highest BCUT2D eigenvalue weighted by atomic mass is 16.7. The molecule has 0 aromatic rings. The van der Waals surface area contributed by atoms with Crippen molar-refractivity contribution in [3.8, 4) is 0 Å². The molecule has 0 amide bonds. The van der Waals surface area contributed by atoms with E-state index in [9.17, 15) is 5.11 Å². The van der Waals surface area contributed by atoms with Gasteiger partial charge in [0.2, 0.25) is 0 Å². The quantitative estimate of drug-likeness (QED) is 0.516. The van der Waals surface area contributed by atoms with Crippen LogP contribution in [0.1, 0.15) is 85.5 Å². The lowest BCUT2D eigenvalue weighted by atomic mass is 9.47. The molecule has 1 N–H and O–H groups in total. The largest absolute Gasteiger partial charge is 0.393 e. The van der Waals surface area contributed by atoms with Crippen LogP contribution in [0, 0.1) is 46.3 Å². The van der Waals surface area contributed by atoms with Crippen LogP contribution in [-0.2, 0) is 9.47 Å². The Hall–Kier alpha value is -0.380. The van der Waals surface area contributed by atoms with Gasteiger partial charge in [0.1, 0.15) is 0 Å². The van der Waals surface area contributed by atoms with Gasteiger partial charge in [-0.15, -0.1) is 0 Å². The van der Waals surface area contributed by atoms with Gasteiger partial charge in [0.15, 0.2) is 5.79 Å². The van der Waals surface area contributed by atoms with Crippen molar-refractivity contribution in [3.63, 3.8) is 0 Å². The molecule has 0 bridgehead atoms. The summed E-state index contributed by atoms with van der Waals surface area (Å²) in [5.74, 6) is 3.94. The minimum Gasteiger partial charge on any atom is -0.393 e. The highest BCUT2D eigenvalue weighted by Crippen LogP contribution is 2.70. The lowest BCUT2D eigenvalue weighted by Gasteiger charge is -2.58. The Morgan fingerprint density at radius 2 is 1.87 bits per heavy atom. The summed E-state index contributed by atoms with van der Waals surface area (Å²) in [7, 11) is 0. The van der Waals surface area contributed by atoms with Crippen LogP contribution in [0.3, 0.4) is 0 Å². The second kappa shape index (κ2) is 6.58. The first-order valence-corrected chi connectivity index (χ1v) is 13.0. The lowest BCUT2D eigenvalue weighted by Crippen LogP contribution is -2.52. The van der Waals surface area contributed by atoms with Gasteiger partial charge in [-0.1, -0.05) is 39.3 Å². The maximum absolute atomic E-state index is 10.3. The van der Waals surface area contributed by atoms with E-state index in [2.05, 4.69) is 33.8 Å². The summed E-state index contributed by atoms with van der Waals surface area (Å²) in [5, 5.41) is 10.3. The summed E-state index contributed by atoms with van der Waals surface area (Å²) in [6.07, 6.45) is 13.5. The monoisotopic (exact) mass is 414 g/mol. The first kappa shape index (κ1) is 20.2. The Bertz CT molecular complexity index is 736. The number of rotatable bonds is 0. The van der Waals surface area contributed by atoms with Crippen molar-refractivity contribution in [2.45, 2.75) is 103 Å². The van der Waals surface area contributed by atoms with Crippen LogP contribution >= 0.6 is 0 Å². The Morgan fingerprint density at radius 1 is 1.03 bits per heavy atom. The number of ether oxygens (including phenoxy) is 2. The van der Waals surface area contributed by atoms with E-state index in [4.69, 9.17) is 9.47 Å². The lowest BCUT2D eigenvalue weighted by molar-refractivity contribution is -0.272. The highest BCUT2D eigenvalue weighted by molar-refractivity contribution is 5.26. The molecular formula is C27H42O3. The van der Waals surface area contributed by atoms with Crippen LogP contribution in [0.25, 0.3) is 0 Å². The Morgan fingerprint density at radius 3 is 2.63 bits per heavy atom. The van der Waals surface area contributed by atoms with E-state index < -0.39 is 0 Å². The fraction of sp³-hybridized carbons (Fsp3) is 0.926. The molecule has 11 atom stereocenters. The molecule has 3 saturated carbocycles. The first-order valence-electron chi connectivity index (χ1n) is 13.0. The van der Waals surface area contributed by atoms with E-state index in [0.29, 0.717) is 34.7 Å². The molecule has 168 valence electrons. The molecule has 2 aliphatic heterocycles. The second-order valence-electron chi connectivity index (χ2n) is 12.7. The second-order valence-corrected chi connectivity index (χ2v) is 12.7. The average molecular weight is 415 g/mol. The van der Waals surface area contributed by atoms with Crippen LogP contribution in [0.15, 0.2) is 11.6 Å². The molecule has 6 aliphatic rings. The van der Waals surface area contributed by atoms with E-state index in [0.717, 1.165) is 43.6 Å². The SMILES string of the molecule is C[C@@H]1CC[C@]2(OC1)O[C@@H]1C[C@@H]3[C@H]4CC=C5C[C@H](O)CC[C@]5(C)[C@@H]4CC[C@]3(C)[C@@H]1[C@H]2C. The van der Waals surface area contributed by atoms with Crippen molar-refractivity contribution in [1.29, 1.82) is 0 Å². The van der Waals surface area contributed by atoms with E-state index >= 15 is 0 Å². The molecule has 0 radical (unpaired) electrons. The third kappa shape index (κ3) is 2.55. The maximum atomic E-state index is 10.3. The predicted molar refractivity (Wildman–Crippen MR) is 118 cm³/mol. The van der Waals surface area contributed by atoms with Crippen LogP contribution < -0.4 is 0 Å². The molecule has 3 nitrogen and oxygen atoms in total. The zero-order valence-electron chi connectivity index (χ0n) is 19.5. The summed E-state index contributed by atoms with van der Waals surface area (Å²) in [5.41, 5.74) is 2.31. The Labute approximate surface area is 183 Å². The van der Waals surface area contributed by atoms with Crippen molar-refractivity contribution in [2.24, 2.45) is 46.3 Å². The molecule has 30 heavy (non-hydrogen) atoms. The fourth-order valence-electron chi connectivity index (χ4n) is 9.66. The van der Waals surface area contributed by atoms with Gasteiger partial charge in [0.05, 0.1) is 18.8 Å². The average Bonchev–Trinajstić information content (AvgIpc) is 3.16. The maximum Gasteiger partial charge on any atom is 0.171 e. The molecule has 0 aromatic heterocycles. The van der Waals surface area contributed by atoms with Crippen LogP contribution in [0.2, 0.25) is 0 Å². The summed E-state index contributed by atoms with van der Waals surface area (Å²) >= 11 is 0. The van der Waals surface area contributed by atoms with Crippen molar-refractivity contribution in [2.75, 3.05) is 6.61 Å². The molecule has 0 unspecified atom stereocenters. The highest BCUT2D eigenvalue weighted by Gasteiger charge is 2.68. The molecule has 2 saturated heterocycles. The number of aliphatic hydroxyl groups excluding tert-OH is 1. The van der Waals surface area contributed by atoms with E-state index in [1.165, 1.54) is 38.5 Å². The molecule has 1 spiro atoms. The summed E-state index contributed by atoms with van der Waals surface area (Å²) in [6.45, 7) is 10.8. The minimum atomic E-state index is -0.294. The van der Waals surface area contributed by atoms with Crippen LogP contribution in [0.4, 0.5) is 0 Å². The van der Waals surface area contributed by atoms with E-state index in [1.54, 1.807) is 5.57 Å². The number of hydrogen-bond acceptors (Lipinski definition) is 3. The van der Waals surface area contributed by atoms with Gasteiger partial charge in [0.25, 0.3) is 0 Å². The number of aliphatic hydroxyl groups is 1. The molecule has 4 aliphatic carbocycles. The summed E-state index contributed by atoms with van der Waals surface area (Å²) in [6, 6.07) is 0. The number of fused-ring (bicyclic) bond motifs is 7. The molecule has 3 heteroatoms. The van der Waals surface area contributed by atoms with Crippen molar-refractivity contribution in [1.82, 2.24) is 0 Å². The Balaban J connectivity index is 1.28. The summed E-state index contributed by atoms with van der Waals surface area (Å²) in [4.78, 5) is 0. The van der Waals surface area contributed by atoms with Gasteiger partial charge < -0.3 is 14.6 Å². The van der Waals surface area contributed by atoms with Gasteiger partial charge in [0, 0.05) is 12.3 Å². The minimum absolute atomic E-state index is 0.107. The van der Waals surface area contributed by atoms with Gasteiger partial charge in [-0.2, -0.15) is 0 Å². The molecule has 0 aromatic carbocycles. The predicted octanol–water partition coefficient (Wildman–Crippen LogP) is 5.71. The van der Waals surface area contributed by atoms with Crippen molar-refractivity contribution >= 4 is 0 Å². The fourth-order valence-corrected chi connectivity index (χ4v) is 9.66. The zero-order valence-corrected chi connectivity index (χ0v) is 19.5.